The minimum atomic E-state index is -3.58. The summed E-state index contributed by atoms with van der Waals surface area (Å²) in [4.78, 5) is 12.6. The second-order valence-corrected chi connectivity index (χ2v) is 7.43. The summed E-state index contributed by atoms with van der Waals surface area (Å²) >= 11 is 0. The van der Waals surface area contributed by atoms with E-state index in [0.29, 0.717) is 13.0 Å². The number of carboxylic acid groups (broad SMARTS) is 1. The third-order valence-corrected chi connectivity index (χ3v) is 4.17. The van der Waals surface area contributed by atoms with Gasteiger partial charge in [-0.2, -0.15) is 8.42 Å². The lowest BCUT2D eigenvalue weighted by Crippen LogP contribution is -2.58. The zero-order valence-electron chi connectivity index (χ0n) is 11.3. The first-order chi connectivity index (χ1) is 8.00. The molecule has 0 aromatic rings. The number of nitrogens with zero attached hydrogens (tertiary/aromatic N) is 1. The van der Waals surface area contributed by atoms with Crippen molar-refractivity contribution in [2.24, 2.45) is 5.41 Å². The molecule has 1 rings (SSSR count). The van der Waals surface area contributed by atoms with Crippen LogP contribution < -0.4 is 0 Å². The maximum atomic E-state index is 11.3. The van der Waals surface area contributed by atoms with Crippen LogP contribution >= 0.6 is 0 Å². The van der Waals surface area contributed by atoms with Gasteiger partial charge < -0.3 is 5.11 Å². The Morgan fingerprint density at radius 2 is 2.00 bits per heavy atom. The molecule has 1 amide bonds. The second-order valence-electron chi connectivity index (χ2n) is 5.79. The largest absolute Gasteiger partial charge is 0.465 e. The van der Waals surface area contributed by atoms with E-state index in [2.05, 4.69) is 0 Å². The van der Waals surface area contributed by atoms with E-state index in [1.165, 1.54) is 4.90 Å². The first kappa shape index (κ1) is 15.2. The van der Waals surface area contributed by atoms with Crippen LogP contribution in [0.2, 0.25) is 0 Å². The van der Waals surface area contributed by atoms with Crippen LogP contribution in [-0.2, 0) is 14.3 Å². The summed E-state index contributed by atoms with van der Waals surface area (Å²) in [6.45, 7) is 6.00. The summed E-state index contributed by atoms with van der Waals surface area (Å²) < 4.78 is 27.2. The van der Waals surface area contributed by atoms with Gasteiger partial charge in [-0.25, -0.2) is 4.79 Å². The summed E-state index contributed by atoms with van der Waals surface area (Å²) in [6, 6.07) is 0. The summed E-state index contributed by atoms with van der Waals surface area (Å²) in [5.41, 5.74) is -1.19. The van der Waals surface area contributed by atoms with Crippen molar-refractivity contribution >= 4 is 16.2 Å². The smallest absolute Gasteiger partial charge is 0.407 e. The molecule has 1 aliphatic rings. The molecule has 1 heterocycles. The van der Waals surface area contributed by atoms with Crippen LogP contribution in [0.25, 0.3) is 0 Å². The molecule has 1 fully saturated rings. The molecular formula is C11H21NO5S. The fraction of sp³-hybridized carbons (Fsp3) is 0.909. The minimum absolute atomic E-state index is 0.123. The van der Waals surface area contributed by atoms with Crippen LogP contribution in [0.1, 0.15) is 33.6 Å². The minimum Gasteiger partial charge on any atom is -0.465 e. The van der Waals surface area contributed by atoms with Gasteiger partial charge >= 0.3 is 6.09 Å². The van der Waals surface area contributed by atoms with Gasteiger partial charge in [-0.05, 0) is 18.3 Å². The van der Waals surface area contributed by atoms with Gasteiger partial charge in [0.1, 0.15) is 0 Å². The van der Waals surface area contributed by atoms with Gasteiger partial charge in [0.2, 0.25) is 0 Å². The standard InChI is InChI=1S/C11H21NO5S/c1-10(2,3)11(8-17-18(4,15)16)6-5-7-12(11)9(13)14/h5-8H2,1-4H3,(H,13,14). The van der Waals surface area contributed by atoms with E-state index in [1.54, 1.807) is 0 Å². The molecule has 7 heteroatoms. The Labute approximate surface area is 108 Å². The Morgan fingerprint density at radius 1 is 1.44 bits per heavy atom. The molecule has 1 N–H and O–H groups in total. The summed E-state index contributed by atoms with van der Waals surface area (Å²) in [5.74, 6) is 0. The lowest BCUT2D eigenvalue weighted by molar-refractivity contribution is -0.00182. The van der Waals surface area contributed by atoms with Gasteiger partial charge in [0.15, 0.2) is 0 Å². The van der Waals surface area contributed by atoms with Crippen molar-refractivity contribution in [3.8, 4) is 0 Å². The summed E-state index contributed by atoms with van der Waals surface area (Å²) in [6.07, 6.45) is 1.28. The van der Waals surface area contributed by atoms with Crippen molar-refractivity contribution in [1.82, 2.24) is 4.90 Å². The van der Waals surface area contributed by atoms with E-state index in [4.69, 9.17) is 4.18 Å². The van der Waals surface area contributed by atoms with Gasteiger partial charge in [-0.3, -0.25) is 9.08 Å². The molecule has 1 aliphatic heterocycles. The highest BCUT2D eigenvalue weighted by Crippen LogP contribution is 2.44. The number of carbonyl (C=O) groups is 1. The van der Waals surface area contributed by atoms with Gasteiger partial charge in [0.05, 0.1) is 18.4 Å². The highest BCUT2D eigenvalue weighted by molar-refractivity contribution is 7.85. The summed E-state index contributed by atoms with van der Waals surface area (Å²) in [5, 5.41) is 9.26. The molecule has 0 aromatic carbocycles. The van der Waals surface area contributed by atoms with Crippen LogP contribution in [0, 0.1) is 5.41 Å². The Bertz CT molecular complexity index is 425. The first-order valence-electron chi connectivity index (χ1n) is 5.85. The molecule has 0 saturated carbocycles. The number of hydrogen-bond donors (Lipinski definition) is 1. The predicted molar refractivity (Wildman–Crippen MR) is 66.9 cm³/mol. The number of likely N-dealkylation sites (tertiary alicyclic amines) is 1. The van der Waals surface area contributed by atoms with E-state index in [9.17, 15) is 18.3 Å². The highest BCUT2D eigenvalue weighted by atomic mass is 32.2. The maximum Gasteiger partial charge on any atom is 0.407 e. The van der Waals surface area contributed by atoms with Crippen molar-refractivity contribution in [2.75, 3.05) is 19.4 Å². The van der Waals surface area contributed by atoms with Crippen LogP contribution in [-0.4, -0.2) is 49.5 Å². The van der Waals surface area contributed by atoms with Crippen molar-refractivity contribution in [2.45, 2.75) is 39.2 Å². The Balaban J connectivity index is 3.07. The zero-order chi connectivity index (χ0) is 14.2. The molecule has 1 unspecified atom stereocenters. The van der Waals surface area contributed by atoms with E-state index >= 15 is 0 Å². The maximum absolute atomic E-state index is 11.3. The molecule has 1 atom stereocenters. The lowest BCUT2D eigenvalue weighted by atomic mass is 9.72. The molecule has 6 nitrogen and oxygen atoms in total. The van der Waals surface area contributed by atoms with Crippen LogP contribution in [0.4, 0.5) is 4.79 Å². The van der Waals surface area contributed by atoms with Crippen molar-refractivity contribution in [1.29, 1.82) is 0 Å². The Kier molecular flexibility index (Phi) is 3.97. The SMILES string of the molecule is CC(C)(C)C1(COS(C)(=O)=O)CCCN1C(=O)O. The van der Waals surface area contributed by atoms with Crippen LogP contribution in [0.3, 0.4) is 0 Å². The predicted octanol–water partition coefficient (Wildman–Crippen LogP) is 1.52. The molecule has 0 spiro atoms. The molecular weight excluding hydrogens is 258 g/mol. The van der Waals surface area contributed by atoms with Crippen molar-refractivity contribution < 1.29 is 22.5 Å². The average molecular weight is 279 g/mol. The highest BCUT2D eigenvalue weighted by Gasteiger charge is 2.52. The first-order valence-corrected chi connectivity index (χ1v) is 7.66. The van der Waals surface area contributed by atoms with E-state index in [0.717, 1.165) is 12.7 Å². The molecule has 106 valence electrons. The fourth-order valence-corrected chi connectivity index (χ4v) is 2.92. The lowest BCUT2D eigenvalue weighted by Gasteiger charge is -2.46. The third kappa shape index (κ3) is 2.95. The summed E-state index contributed by atoms with van der Waals surface area (Å²) in [7, 11) is -3.58. The van der Waals surface area contributed by atoms with Gasteiger partial charge in [-0.15, -0.1) is 0 Å². The van der Waals surface area contributed by atoms with Crippen molar-refractivity contribution in [3.05, 3.63) is 0 Å². The normalized spacial score (nSPS) is 25.4. The topological polar surface area (TPSA) is 83.9 Å². The fourth-order valence-electron chi connectivity index (χ4n) is 2.51. The van der Waals surface area contributed by atoms with Crippen molar-refractivity contribution in [3.63, 3.8) is 0 Å². The molecule has 1 saturated heterocycles. The quantitative estimate of drug-likeness (QED) is 0.792. The monoisotopic (exact) mass is 279 g/mol. The van der Waals surface area contributed by atoms with E-state index in [1.807, 2.05) is 20.8 Å². The average Bonchev–Trinajstić information content (AvgIpc) is 2.57. The Morgan fingerprint density at radius 3 is 2.39 bits per heavy atom. The second kappa shape index (κ2) is 4.70. The number of amides is 1. The molecule has 0 aliphatic carbocycles. The third-order valence-electron chi connectivity index (χ3n) is 3.63. The molecule has 0 bridgehead atoms. The number of hydrogen-bond acceptors (Lipinski definition) is 4. The number of rotatable bonds is 3. The van der Waals surface area contributed by atoms with E-state index < -0.39 is 27.2 Å². The van der Waals surface area contributed by atoms with Crippen LogP contribution in [0.5, 0.6) is 0 Å². The molecule has 0 radical (unpaired) electrons. The molecule has 18 heavy (non-hydrogen) atoms. The van der Waals surface area contributed by atoms with Gasteiger partial charge in [0, 0.05) is 6.54 Å². The Hall–Kier alpha value is -0.820. The van der Waals surface area contributed by atoms with Gasteiger partial charge in [0.25, 0.3) is 10.1 Å². The van der Waals surface area contributed by atoms with E-state index in [-0.39, 0.29) is 6.61 Å². The molecule has 0 aromatic heterocycles. The zero-order valence-corrected chi connectivity index (χ0v) is 12.1. The van der Waals surface area contributed by atoms with Crippen LogP contribution in [0.15, 0.2) is 0 Å². The van der Waals surface area contributed by atoms with Gasteiger partial charge in [-0.1, -0.05) is 20.8 Å².